The number of rotatable bonds is 0. The third-order valence-electron chi connectivity index (χ3n) is 0. The SMILES string of the molecule is O=S(=O)([O-])[O-].[Ca+2].[Cl-].[Cl-].[Cl-].[Mg+2].[Mg+2].[Na+]. The molecule has 0 bridgehead atoms. The molecular weight excluding hydrogens is 314 g/mol. The first-order valence-corrected chi connectivity index (χ1v) is 2.00. The van der Waals surface area contributed by atoms with Crippen LogP contribution in [-0.2, 0) is 10.4 Å². The van der Waals surface area contributed by atoms with Gasteiger partial charge in [-0.25, -0.2) is 0 Å². The molecule has 4 nitrogen and oxygen atoms in total. The summed E-state index contributed by atoms with van der Waals surface area (Å²) < 4.78 is 34.1. The molecule has 0 heterocycles. The number of halogens is 3. The molecule has 0 amide bonds. The van der Waals surface area contributed by atoms with E-state index in [1.807, 2.05) is 0 Å². The van der Waals surface area contributed by atoms with Crippen LogP contribution in [0.5, 0.6) is 0 Å². The summed E-state index contributed by atoms with van der Waals surface area (Å²) in [5.41, 5.74) is 0. The van der Waals surface area contributed by atoms with Crippen molar-refractivity contribution in [3.05, 3.63) is 0 Å². The Morgan fingerprint density at radius 3 is 0.833 bits per heavy atom. The van der Waals surface area contributed by atoms with Crippen LogP contribution in [0.2, 0.25) is 0 Å². The average molecular weight is 314 g/mol. The van der Waals surface area contributed by atoms with Gasteiger partial charge in [-0.05, 0) is 0 Å². The van der Waals surface area contributed by atoms with Crippen LogP contribution in [0.25, 0.3) is 0 Å². The quantitative estimate of drug-likeness (QED) is 0.253. The molecule has 56 valence electrons. The summed E-state index contributed by atoms with van der Waals surface area (Å²) >= 11 is 0. The van der Waals surface area contributed by atoms with Crippen molar-refractivity contribution in [2.75, 3.05) is 0 Å². The molecule has 0 rings (SSSR count). The molecule has 0 aromatic heterocycles. The van der Waals surface area contributed by atoms with Gasteiger partial charge in [-0.3, -0.25) is 8.42 Å². The fourth-order valence-corrected chi connectivity index (χ4v) is 0. The minimum atomic E-state index is -5.17. The van der Waals surface area contributed by atoms with Gasteiger partial charge in [0.1, 0.15) is 0 Å². The van der Waals surface area contributed by atoms with E-state index in [2.05, 4.69) is 0 Å². The van der Waals surface area contributed by atoms with Gasteiger partial charge in [0.2, 0.25) is 0 Å². The largest absolute Gasteiger partial charge is 2.00 e. The first kappa shape index (κ1) is 54.8. The Labute approximate surface area is 175 Å². The third kappa shape index (κ3) is 130. The van der Waals surface area contributed by atoms with E-state index in [0.717, 1.165) is 0 Å². The van der Waals surface area contributed by atoms with Crippen molar-refractivity contribution in [2.45, 2.75) is 0 Å². The van der Waals surface area contributed by atoms with E-state index in [1.54, 1.807) is 0 Å². The first-order chi connectivity index (χ1) is 2.00. The summed E-state index contributed by atoms with van der Waals surface area (Å²) in [4.78, 5) is 0. The molecule has 0 atom stereocenters. The number of hydrogen-bond donors (Lipinski definition) is 0. The zero-order valence-corrected chi connectivity index (χ0v) is 16.4. The predicted molar refractivity (Wildman–Crippen MR) is 27.7 cm³/mol. The maximum Gasteiger partial charge on any atom is 2.00 e. The van der Waals surface area contributed by atoms with Crippen LogP contribution < -0.4 is 66.8 Å². The molecule has 0 aliphatic carbocycles. The summed E-state index contributed by atoms with van der Waals surface area (Å²) in [5, 5.41) is 0. The minimum Gasteiger partial charge on any atom is -1.00 e. The standard InChI is InChI=1S/Ca.3ClH.2Mg.Na.H2O4S/c;;;;;;;1-5(2,3)4/h;3*1H;;;;(H2,1,2,3,4)/q+2;;;;2*+2;+1;/p-5. The van der Waals surface area contributed by atoms with E-state index in [9.17, 15) is 0 Å². The third-order valence-corrected chi connectivity index (χ3v) is 0. The van der Waals surface area contributed by atoms with Gasteiger partial charge >= 0.3 is 113 Å². The van der Waals surface area contributed by atoms with Crippen molar-refractivity contribution >= 4 is 94.2 Å². The van der Waals surface area contributed by atoms with Crippen molar-refractivity contribution in [2.24, 2.45) is 0 Å². The van der Waals surface area contributed by atoms with Gasteiger partial charge in [-0.1, -0.05) is 0 Å². The van der Waals surface area contributed by atoms with Gasteiger partial charge in [-0.15, -0.1) is 0 Å². The summed E-state index contributed by atoms with van der Waals surface area (Å²) in [6.45, 7) is 0. The van der Waals surface area contributed by atoms with Crippen molar-refractivity contribution < 1.29 is 84.3 Å². The maximum atomic E-state index is 8.52. The molecule has 0 saturated heterocycles. The van der Waals surface area contributed by atoms with Crippen molar-refractivity contribution in [1.29, 1.82) is 0 Å². The molecule has 0 spiro atoms. The summed E-state index contributed by atoms with van der Waals surface area (Å²) in [6.07, 6.45) is 0. The second-order valence-corrected chi connectivity index (χ2v) is 1.22. The Balaban J connectivity index is -0.00000000381. The summed E-state index contributed by atoms with van der Waals surface area (Å²) in [5.74, 6) is 0. The summed E-state index contributed by atoms with van der Waals surface area (Å²) in [7, 11) is -5.17. The molecular formula is CaCl3Mg2NaO4S+2. The average Bonchev–Trinajstić information content (AvgIpc) is 0.722. The predicted octanol–water partition coefficient (Wildman–Crippen LogP) is -14.5. The zero-order chi connectivity index (χ0) is 4.50. The monoisotopic (exact) mass is 312 g/mol. The molecule has 0 radical (unpaired) electrons. The van der Waals surface area contributed by atoms with Gasteiger partial charge in [0.25, 0.3) is 0 Å². The number of hydrogen-bond acceptors (Lipinski definition) is 4. The van der Waals surface area contributed by atoms with Crippen LogP contribution in [0, 0.1) is 0 Å². The van der Waals surface area contributed by atoms with E-state index < -0.39 is 10.4 Å². The van der Waals surface area contributed by atoms with Crippen LogP contribution >= 0.6 is 0 Å². The van der Waals surface area contributed by atoms with Crippen LogP contribution in [0.1, 0.15) is 0 Å². The van der Waals surface area contributed by atoms with E-state index in [1.165, 1.54) is 0 Å². The van der Waals surface area contributed by atoms with Gasteiger partial charge in [0.15, 0.2) is 0 Å². The van der Waals surface area contributed by atoms with Gasteiger partial charge in [0.05, 0.1) is 0 Å². The molecule has 0 saturated carbocycles. The molecule has 0 aliphatic heterocycles. The Morgan fingerprint density at radius 1 is 0.833 bits per heavy atom. The molecule has 0 aromatic carbocycles. The molecule has 12 heavy (non-hydrogen) atoms. The van der Waals surface area contributed by atoms with Gasteiger partial charge in [0, 0.05) is 10.4 Å². The fourth-order valence-electron chi connectivity index (χ4n) is 0. The zero-order valence-electron chi connectivity index (χ0n) is 6.30. The molecule has 0 fully saturated rings. The Hall–Kier alpha value is 4.53. The van der Waals surface area contributed by atoms with Crippen LogP contribution in [0.4, 0.5) is 0 Å². The minimum absolute atomic E-state index is 0. The molecule has 0 aliphatic rings. The Morgan fingerprint density at radius 2 is 0.833 bits per heavy atom. The van der Waals surface area contributed by atoms with E-state index in [0.29, 0.717) is 0 Å². The van der Waals surface area contributed by atoms with Gasteiger partial charge in [-0.2, -0.15) is 0 Å². The normalized spacial score (nSPS) is 4.83. The van der Waals surface area contributed by atoms with Crippen molar-refractivity contribution in [3.8, 4) is 0 Å². The van der Waals surface area contributed by atoms with Crippen molar-refractivity contribution in [3.63, 3.8) is 0 Å². The maximum absolute atomic E-state index is 8.52. The van der Waals surface area contributed by atoms with Crippen molar-refractivity contribution in [1.82, 2.24) is 0 Å². The molecule has 12 heteroatoms. The first-order valence-electron chi connectivity index (χ1n) is 0.667. The second kappa shape index (κ2) is 29.6. The fraction of sp³-hybridized carbons (Fsp3) is 0. The van der Waals surface area contributed by atoms with E-state index in [-0.39, 0.29) is 151 Å². The molecule has 0 aromatic rings. The smallest absolute Gasteiger partial charge is 1.00 e. The van der Waals surface area contributed by atoms with E-state index in [4.69, 9.17) is 17.5 Å². The van der Waals surface area contributed by atoms with Crippen LogP contribution in [-0.4, -0.2) is 101 Å². The molecule has 0 unspecified atom stereocenters. The molecule has 0 N–H and O–H groups in total. The van der Waals surface area contributed by atoms with Crippen LogP contribution in [0.15, 0.2) is 0 Å². The Bertz CT molecular complexity index is 111. The van der Waals surface area contributed by atoms with Crippen LogP contribution in [0.3, 0.4) is 0 Å². The van der Waals surface area contributed by atoms with Gasteiger partial charge < -0.3 is 46.3 Å². The topological polar surface area (TPSA) is 80.3 Å². The Kier molecular flexibility index (Phi) is 135. The summed E-state index contributed by atoms with van der Waals surface area (Å²) in [6, 6.07) is 0. The second-order valence-electron chi connectivity index (χ2n) is 0.408. The van der Waals surface area contributed by atoms with E-state index >= 15 is 0 Å².